The van der Waals surface area contributed by atoms with Crippen molar-refractivity contribution >= 4 is 35.0 Å². The number of amides is 1. The van der Waals surface area contributed by atoms with Crippen LogP contribution in [0.1, 0.15) is 18.6 Å². The molecule has 6 nitrogen and oxygen atoms in total. The highest BCUT2D eigenvalue weighted by Gasteiger charge is 2.15. The average Bonchev–Trinajstić information content (AvgIpc) is 3.33. The zero-order chi connectivity index (χ0) is 18.2. The summed E-state index contributed by atoms with van der Waals surface area (Å²) in [6.07, 6.45) is 6.79. The van der Waals surface area contributed by atoms with Gasteiger partial charge in [0.25, 0.3) is 0 Å². The van der Waals surface area contributed by atoms with Crippen LogP contribution in [0.5, 0.6) is 5.75 Å². The largest absolute Gasteiger partial charge is 0.491 e. The second kappa shape index (κ2) is 9.17. The molecule has 0 bridgehead atoms. The van der Waals surface area contributed by atoms with Crippen molar-refractivity contribution in [3.63, 3.8) is 0 Å². The molecule has 1 aromatic heterocycles. The monoisotopic (exact) mass is 372 g/mol. The topological polar surface area (TPSA) is 72.7 Å². The third-order valence-electron chi connectivity index (χ3n) is 3.75. The number of thiocarbonyl (C=S) groups is 1. The van der Waals surface area contributed by atoms with E-state index < -0.39 is 0 Å². The molecule has 1 amide bonds. The maximum absolute atomic E-state index is 11.8. The summed E-state index contributed by atoms with van der Waals surface area (Å²) < 4.78 is 16.3. The second-order valence-electron chi connectivity index (χ2n) is 5.76. The summed E-state index contributed by atoms with van der Waals surface area (Å²) >= 11 is 5.13. The average molecular weight is 372 g/mol. The lowest BCUT2D eigenvalue weighted by molar-refractivity contribution is -0.115. The lowest BCUT2D eigenvalue weighted by Gasteiger charge is -2.12. The fourth-order valence-electron chi connectivity index (χ4n) is 2.46. The summed E-state index contributed by atoms with van der Waals surface area (Å²) in [6, 6.07) is 10.9. The van der Waals surface area contributed by atoms with Gasteiger partial charge in [0.15, 0.2) is 5.11 Å². The minimum Gasteiger partial charge on any atom is -0.491 e. The molecule has 136 valence electrons. The van der Waals surface area contributed by atoms with E-state index in [2.05, 4.69) is 10.6 Å². The van der Waals surface area contributed by atoms with E-state index in [-0.39, 0.29) is 17.1 Å². The van der Waals surface area contributed by atoms with Gasteiger partial charge in [-0.05, 0) is 67.5 Å². The molecule has 2 aromatic rings. The molecule has 0 saturated carbocycles. The van der Waals surface area contributed by atoms with Crippen LogP contribution in [0.15, 0.2) is 53.2 Å². The van der Waals surface area contributed by atoms with Gasteiger partial charge < -0.3 is 19.2 Å². The smallest absolute Gasteiger partial charge is 0.250 e. The molecule has 1 atom stereocenters. The summed E-state index contributed by atoms with van der Waals surface area (Å²) in [6.45, 7) is 1.37. The molecule has 1 saturated heterocycles. The fraction of sp³-hybridized carbons (Fsp3) is 0.263. The van der Waals surface area contributed by atoms with E-state index in [1.54, 1.807) is 18.2 Å². The van der Waals surface area contributed by atoms with Crippen LogP contribution in [0.3, 0.4) is 0 Å². The zero-order valence-corrected chi connectivity index (χ0v) is 15.0. The quantitative estimate of drug-likeness (QED) is 0.598. The maximum Gasteiger partial charge on any atom is 0.250 e. The number of carbonyl (C=O) groups excluding carboxylic acids is 1. The van der Waals surface area contributed by atoms with Crippen molar-refractivity contribution in [3.05, 3.63) is 54.5 Å². The van der Waals surface area contributed by atoms with Crippen LogP contribution in [0.4, 0.5) is 5.69 Å². The molecule has 2 N–H and O–H groups in total. The summed E-state index contributed by atoms with van der Waals surface area (Å²) in [4.78, 5) is 11.8. The number of nitrogens with one attached hydrogen (secondary N) is 2. The molecule has 26 heavy (non-hydrogen) atoms. The predicted octanol–water partition coefficient (Wildman–Crippen LogP) is 3.36. The van der Waals surface area contributed by atoms with Gasteiger partial charge >= 0.3 is 0 Å². The number of anilines is 1. The molecule has 3 rings (SSSR count). The standard InChI is InChI=1S/C19H20N2O4S/c22-18(10-9-15-3-1-11-23-15)21-19(26)20-14-5-7-16(8-6-14)25-13-17-4-2-12-24-17/h1,3,5-11,17H,2,4,12-13H2,(H2,20,21,22,26). The van der Waals surface area contributed by atoms with Crippen LogP contribution in [0.25, 0.3) is 6.08 Å². The molecule has 1 unspecified atom stereocenters. The molecule has 0 spiro atoms. The van der Waals surface area contributed by atoms with Crippen molar-refractivity contribution in [2.45, 2.75) is 18.9 Å². The zero-order valence-electron chi connectivity index (χ0n) is 14.1. The van der Waals surface area contributed by atoms with E-state index in [0.29, 0.717) is 12.4 Å². The highest BCUT2D eigenvalue weighted by molar-refractivity contribution is 7.80. The lowest BCUT2D eigenvalue weighted by atomic mass is 10.2. The first-order chi connectivity index (χ1) is 12.7. The van der Waals surface area contributed by atoms with Gasteiger partial charge in [-0.2, -0.15) is 0 Å². The van der Waals surface area contributed by atoms with Gasteiger partial charge in [0, 0.05) is 18.4 Å². The molecular formula is C19H20N2O4S. The van der Waals surface area contributed by atoms with Gasteiger partial charge in [0.1, 0.15) is 18.1 Å². The van der Waals surface area contributed by atoms with Crippen LogP contribution in [-0.4, -0.2) is 30.3 Å². The minimum absolute atomic E-state index is 0.185. The van der Waals surface area contributed by atoms with E-state index in [0.717, 1.165) is 30.9 Å². The van der Waals surface area contributed by atoms with Gasteiger partial charge in [-0.3, -0.25) is 10.1 Å². The van der Waals surface area contributed by atoms with Gasteiger partial charge in [0.2, 0.25) is 5.91 Å². The Hall–Kier alpha value is -2.64. The van der Waals surface area contributed by atoms with Crippen LogP contribution >= 0.6 is 12.2 Å². The van der Waals surface area contributed by atoms with Gasteiger partial charge in [-0.15, -0.1) is 0 Å². The summed E-state index contributed by atoms with van der Waals surface area (Å²) in [5.74, 6) is 1.02. The summed E-state index contributed by atoms with van der Waals surface area (Å²) in [5, 5.41) is 5.74. The molecule has 7 heteroatoms. The van der Waals surface area contributed by atoms with Crippen molar-refractivity contribution in [2.75, 3.05) is 18.5 Å². The molecule has 0 radical (unpaired) electrons. The van der Waals surface area contributed by atoms with E-state index in [9.17, 15) is 4.79 Å². The Morgan fingerprint density at radius 2 is 2.15 bits per heavy atom. The number of benzene rings is 1. The molecule has 0 aliphatic carbocycles. The van der Waals surface area contributed by atoms with Crippen LogP contribution in [0, 0.1) is 0 Å². The van der Waals surface area contributed by atoms with Crippen molar-refractivity contribution in [1.29, 1.82) is 0 Å². The highest BCUT2D eigenvalue weighted by atomic mass is 32.1. The van der Waals surface area contributed by atoms with Gasteiger partial charge in [-0.1, -0.05) is 0 Å². The number of rotatable bonds is 6. The highest BCUT2D eigenvalue weighted by Crippen LogP contribution is 2.18. The Morgan fingerprint density at radius 3 is 2.85 bits per heavy atom. The number of furan rings is 1. The van der Waals surface area contributed by atoms with E-state index in [4.69, 9.17) is 26.1 Å². The first kappa shape index (κ1) is 18.2. The van der Waals surface area contributed by atoms with Gasteiger partial charge in [-0.25, -0.2) is 0 Å². The Morgan fingerprint density at radius 1 is 1.31 bits per heavy atom. The summed E-state index contributed by atoms with van der Waals surface area (Å²) in [5.41, 5.74) is 0.759. The van der Waals surface area contributed by atoms with Crippen molar-refractivity contribution < 1.29 is 18.7 Å². The van der Waals surface area contributed by atoms with E-state index >= 15 is 0 Å². The first-order valence-corrected chi connectivity index (χ1v) is 8.78. The Bertz CT molecular complexity index is 750. The first-order valence-electron chi connectivity index (χ1n) is 8.37. The van der Waals surface area contributed by atoms with Crippen LogP contribution in [0.2, 0.25) is 0 Å². The molecular weight excluding hydrogens is 352 g/mol. The fourth-order valence-corrected chi connectivity index (χ4v) is 2.68. The third-order valence-corrected chi connectivity index (χ3v) is 3.96. The van der Waals surface area contributed by atoms with E-state index in [1.165, 1.54) is 12.3 Å². The minimum atomic E-state index is -0.338. The van der Waals surface area contributed by atoms with E-state index in [1.807, 2.05) is 24.3 Å². The lowest BCUT2D eigenvalue weighted by Crippen LogP contribution is -2.32. The molecule has 1 aliphatic heterocycles. The molecule has 1 aromatic carbocycles. The van der Waals surface area contributed by atoms with Crippen molar-refractivity contribution in [3.8, 4) is 5.75 Å². The molecule has 2 heterocycles. The molecule has 1 aliphatic rings. The normalized spacial score (nSPS) is 16.5. The number of ether oxygens (including phenoxy) is 2. The molecule has 1 fully saturated rings. The van der Waals surface area contributed by atoms with Gasteiger partial charge in [0.05, 0.1) is 12.4 Å². The van der Waals surface area contributed by atoms with Crippen LogP contribution < -0.4 is 15.4 Å². The second-order valence-corrected chi connectivity index (χ2v) is 6.17. The maximum atomic E-state index is 11.8. The Balaban J connectivity index is 1.42. The number of carbonyl (C=O) groups is 1. The Kier molecular flexibility index (Phi) is 6.40. The van der Waals surface area contributed by atoms with Crippen molar-refractivity contribution in [1.82, 2.24) is 5.32 Å². The Labute approximate surface area is 157 Å². The third kappa shape index (κ3) is 5.72. The van der Waals surface area contributed by atoms with Crippen LogP contribution in [-0.2, 0) is 9.53 Å². The number of hydrogen-bond acceptors (Lipinski definition) is 5. The van der Waals surface area contributed by atoms with Crippen molar-refractivity contribution in [2.24, 2.45) is 0 Å². The number of hydrogen-bond donors (Lipinski definition) is 2. The SMILES string of the molecule is O=C(C=Cc1ccco1)NC(=S)Nc1ccc(OCC2CCCO2)cc1. The predicted molar refractivity (Wildman–Crippen MR) is 103 cm³/mol. The summed E-state index contributed by atoms with van der Waals surface area (Å²) in [7, 11) is 0.